The van der Waals surface area contributed by atoms with Crippen molar-refractivity contribution >= 4 is 11.6 Å². The van der Waals surface area contributed by atoms with Crippen LogP contribution in [0.5, 0.6) is 0 Å². The minimum absolute atomic E-state index is 0.285. The number of hydrogen-bond donors (Lipinski definition) is 1. The summed E-state index contributed by atoms with van der Waals surface area (Å²) in [6.45, 7) is 3.63. The van der Waals surface area contributed by atoms with Gasteiger partial charge in [-0.2, -0.15) is 0 Å². The fourth-order valence-electron chi connectivity index (χ4n) is 2.11. The Morgan fingerprint density at radius 3 is 2.42 bits per heavy atom. The molecular weight excluding hydrogens is 263 g/mol. The molecule has 0 heterocycles. The molecule has 19 heavy (non-hydrogen) atoms. The molecule has 0 saturated carbocycles. The van der Waals surface area contributed by atoms with E-state index >= 15 is 0 Å². The molecule has 100 valence electrons. The first-order valence-electron chi connectivity index (χ1n) is 6.12. The van der Waals surface area contributed by atoms with Gasteiger partial charge in [0.2, 0.25) is 0 Å². The molecule has 1 nitrogen and oxygen atoms in total. The molecule has 0 radical (unpaired) electrons. The summed E-state index contributed by atoms with van der Waals surface area (Å²) >= 11 is 5.84. The van der Waals surface area contributed by atoms with Crippen molar-refractivity contribution in [3.8, 4) is 0 Å². The maximum atomic E-state index is 13.3. The predicted octanol–water partition coefficient (Wildman–Crippen LogP) is 4.24. The number of aliphatic hydroxyl groups is 1. The van der Waals surface area contributed by atoms with Crippen molar-refractivity contribution in [1.29, 1.82) is 0 Å². The molecule has 1 unspecified atom stereocenters. The van der Waals surface area contributed by atoms with Gasteiger partial charge in [-0.3, -0.25) is 0 Å². The lowest BCUT2D eigenvalue weighted by molar-refractivity contribution is 0.0574. The Labute approximate surface area is 117 Å². The zero-order valence-corrected chi connectivity index (χ0v) is 11.7. The number of aryl methyl sites for hydroxylation is 1. The normalized spacial score (nSPS) is 14.2. The van der Waals surface area contributed by atoms with Crippen molar-refractivity contribution in [3.05, 3.63) is 70.0 Å². The minimum atomic E-state index is -1.05. The van der Waals surface area contributed by atoms with Crippen LogP contribution in [0.25, 0.3) is 0 Å². The second-order valence-corrected chi connectivity index (χ2v) is 5.46. The number of halogens is 2. The van der Waals surface area contributed by atoms with E-state index in [2.05, 4.69) is 0 Å². The van der Waals surface area contributed by atoms with E-state index in [4.69, 9.17) is 11.6 Å². The van der Waals surface area contributed by atoms with Crippen molar-refractivity contribution in [1.82, 2.24) is 0 Å². The van der Waals surface area contributed by atoms with Gasteiger partial charge in [0.25, 0.3) is 0 Å². The molecule has 0 aromatic heterocycles. The van der Waals surface area contributed by atoms with Gasteiger partial charge in [-0.1, -0.05) is 29.8 Å². The molecule has 2 rings (SSSR count). The van der Waals surface area contributed by atoms with E-state index in [0.29, 0.717) is 11.4 Å². The Kier molecular flexibility index (Phi) is 3.93. The summed E-state index contributed by atoms with van der Waals surface area (Å²) < 4.78 is 13.3. The SMILES string of the molecule is Cc1ccc(F)cc1CC(C)(O)c1ccc(Cl)cc1. The topological polar surface area (TPSA) is 20.2 Å². The zero-order chi connectivity index (χ0) is 14.0. The molecule has 0 aliphatic heterocycles. The summed E-state index contributed by atoms with van der Waals surface area (Å²) in [5.74, 6) is -0.285. The van der Waals surface area contributed by atoms with Crippen molar-refractivity contribution in [3.63, 3.8) is 0 Å². The van der Waals surface area contributed by atoms with Gasteiger partial charge >= 0.3 is 0 Å². The standard InChI is InChI=1S/C16H16ClFO/c1-11-3-8-15(18)9-12(11)10-16(2,19)13-4-6-14(17)7-5-13/h3-9,19H,10H2,1-2H3. The second-order valence-electron chi connectivity index (χ2n) is 5.03. The quantitative estimate of drug-likeness (QED) is 0.890. The van der Waals surface area contributed by atoms with Gasteiger partial charge in [0.05, 0.1) is 5.60 Å². The molecule has 2 aromatic carbocycles. The van der Waals surface area contributed by atoms with Crippen LogP contribution < -0.4 is 0 Å². The molecule has 2 aromatic rings. The highest BCUT2D eigenvalue weighted by Gasteiger charge is 2.24. The summed E-state index contributed by atoms with van der Waals surface area (Å²) in [6.07, 6.45) is 0.359. The molecule has 0 amide bonds. The molecule has 0 aliphatic carbocycles. The first-order chi connectivity index (χ1) is 8.88. The van der Waals surface area contributed by atoms with Crippen LogP contribution in [-0.2, 0) is 12.0 Å². The molecule has 0 spiro atoms. The fourth-order valence-corrected chi connectivity index (χ4v) is 2.24. The highest BCUT2D eigenvalue weighted by Crippen LogP contribution is 2.28. The third kappa shape index (κ3) is 3.34. The Balaban J connectivity index is 2.30. The summed E-state index contributed by atoms with van der Waals surface area (Å²) in [5.41, 5.74) is 1.49. The maximum Gasteiger partial charge on any atom is 0.123 e. The Morgan fingerprint density at radius 1 is 1.16 bits per heavy atom. The van der Waals surface area contributed by atoms with Crippen LogP contribution in [-0.4, -0.2) is 5.11 Å². The number of rotatable bonds is 3. The van der Waals surface area contributed by atoms with Crippen molar-refractivity contribution < 1.29 is 9.50 Å². The third-order valence-electron chi connectivity index (χ3n) is 3.31. The molecule has 0 fully saturated rings. The Morgan fingerprint density at radius 2 is 1.79 bits per heavy atom. The van der Waals surface area contributed by atoms with E-state index in [1.54, 1.807) is 37.3 Å². The maximum absolute atomic E-state index is 13.3. The zero-order valence-electron chi connectivity index (χ0n) is 11.0. The number of hydrogen-bond acceptors (Lipinski definition) is 1. The Hall–Kier alpha value is -1.38. The van der Waals surface area contributed by atoms with Crippen LogP contribution in [0.2, 0.25) is 5.02 Å². The highest BCUT2D eigenvalue weighted by molar-refractivity contribution is 6.30. The van der Waals surface area contributed by atoms with Crippen LogP contribution in [0, 0.1) is 12.7 Å². The lowest BCUT2D eigenvalue weighted by Gasteiger charge is -2.25. The van der Waals surface area contributed by atoms with Crippen LogP contribution in [0.15, 0.2) is 42.5 Å². The molecule has 1 atom stereocenters. The van der Waals surface area contributed by atoms with E-state index in [-0.39, 0.29) is 5.82 Å². The van der Waals surface area contributed by atoms with Crippen LogP contribution in [0.4, 0.5) is 4.39 Å². The van der Waals surface area contributed by atoms with Crippen LogP contribution in [0.3, 0.4) is 0 Å². The summed E-state index contributed by atoms with van der Waals surface area (Å²) in [6, 6.07) is 11.7. The van der Waals surface area contributed by atoms with Gasteiger partial charge in [-0.15, -0.1) is 0 Å². The minimum Gasteiger partial charge on any atom is -0.385 e. The molecular formula is C16H16ClFO. The van der Waals surface area contributed by atoms with E-state index < -0.39 is 5.60 Å². The number of benzene rings is 2. The smallest absolute Gasteiger partial charge is 0.123 e. The van der Waals surface area contributed by atoms with Crippen molar-refractivity contribution in [2.75, 3.05) is 0 Å². The Bertz CT molecular complexity index is 576. The highest BCUT2D eigenvalue weighted by atomic mass is 35.5. The second kappa shape index (κ2) is 5.32. The monoisotopic (exact) mass is 278 g/mol. The molecule has 3 heteroatoms. The van der Waals surface area contributed by atoms with Crippen molar-refractivity contribution in [2.24, 2.45) is 0 Å². The molecule has 0 saturated heterocycles. The van der Waals surface area contributed by atoms with E-state index in [0.717, 1.165) is 16.7 Å². The van der Waals surface area contributed by atoms with Gasteiger partial charge in [-0.25, -0.2) is 4.39 Å². The van der Waals surface area contributed by atoms with Gasteiger partial charge in [0, 0.05) is 11.4 Å². The van der Waals surface area contributed by atoms with Gasteiger partial charge < -0.3 is 5.11 Å². The van der Waals surface area contributed by atoms with Gasteiger partial charge in [0.1, 0.15) is 5.82 Å². The van der Waals surface area contributed by atoms with Crippen LogP contribution in [0.1, 0.15) is 23.6 Å². The fraction of sp³-hybridized carbons (Fsp3) is 0.250. The van der Waals surface area contributed by atoms with Crippen molar-refractivity contribution in [2.45, 2.75) is 25.9 Å². The summed E-state index contributed by atoms with van der Waals surface area (Å²) in [4.78, 5) is 0. The average molecular weight is 279 g/mol. The largest absolute Gasteiger partial charge is 0.385 e. The van der Waals surface area contributed by atoms with Gasteiger partial charge in [0.15, 0.2) is 0 Å². The van der Waals surface area contributed by atoms with Gasteiger partial charge in [-0.05, 0) is 54.8 Å². The first kappa shape index (κ1) is 14.0. The summed E-state index contributed by atoms with van der Waals surface area (Å²) in [5, 5.41) is 11.2. The third-order valence-corrected chi connectivity index (χ3v) is 3.56. The van der Waals surface area contributed by atoms with E-state index in [1.807, 2.05) is 6.92 Å². The van der Waals surface area contributed by atoms with Crippen LogP contribution >= 0.6 is 11.6 Å². The predicted molar refractivity (Wildman–Crippen MR) is 75.9 cm³/mol. The summed E-state index contributed by atoms with van der Waals surface area (Å²) in [7, 11) is 0. The first-order valence-corrected chi connectivity index (χ1v) is 6.50. The molecule has 0 bridgehead atoms. The lowest BCUT2D eigenvalue weighted by Crippen LogP contribution is -2.24. The van der Waals surface area contributed by atoms with E-state index in [9.17, 15) is 9.50 Å². The molecule has 0 aliphatic rings. The lowest BCUT2D eigenvalue weighted by atomic mass is 9.87. The van der Waals surface area contributed by atoms with E-state index in [1.165, 1.54) is 12.1 Å². The average Bonchev–Trinajstić information content (AvgIpc) is 2.34. The molecule has 1 N–H and O–H groups in total.